The summed E-state index contributed by atoms with van der Waals surface area (Å²) in [5.41, 5.74) is 0.604. The van der Waals surface area contributed by atoms with Crippen molar-refractivity contribution in [2.75, 3.05) is 20.8 Å². The van der Waals surface area contributed by atoms with E-state index >= 15 is 0 Å². The Morgan fingerprint density at radius 3 is 2.59 bits per heavy atom. The summed E-state index contributed by atoms with van der Waals surface area (Å²) in [5, 5.41) is 9.98. The quantitative estimate of drug-likeness (QED) is 0.733. The van der Waals surface area contributed by atoms with E-state index in [-0.39, 0.29) is 0 Å². The second-order valence-electron chi connectivity index (χ2n) is 3.59. The van der Waals surface area contributed by atoms with Gasteiger partial charge >= 0.3 is 0 Å². The van der Waals surface area contributed by atoms with Crippen LogP contribution in [0.4, 0.5) is 0 Å². The van der Waals surface area contributed by atoms with Crippen molar-refractivity contribution in [3.05, 3.63) is 24.0 Å². The van der Waals surface area contributed by atoms with Crippen molar-refractivity contribution in [1.29, 1.82) is 0 Å². The lowest BCUT2D eigenvalue weighted by atomic mass is 10.1. The molecule has 1 heterocycles. The van der Waals surface area contributed by atoms with Crippen LogP contribution in [-0.2, 0) is 9.47 Å². The highest BCUT2D eigenvalue weighted by Gasteiger charge is 2.20. The molecule has 0 aliphatic rings. The Labute approximate surface area is 101 Å². The molecule has 1 atom stereocenters. The predicted molar refractivity (Wildman–Crippen MR) is 62.8 cm³/mol. The third-order valence-electron chi connectivity index (χ3n) is 2.27. The first kappa shape index (κ1) is 13.9. The van der Waals surface area contributed by atoms with Crippen LogP contribution in [0.1, 0.15) is 25.0 Å². The molecule has 5 nitrogen and oxygen atoms in total. The van der Waals surface area contributed by atoms with Crippen molar-refractivity contribution in [3.8, 4) is 5.75 Å². The van der Waals surface area contributed by atoms with Crippen LogP contribution in [0.2, 0.25) is 0 Å². The van der Waals surface area contributed by atoms with Crippen LogP contribution >= 0.6 is 0 Å². The van der Waals surface area contributed by atoms with E-state index in [0.29, 0.717) is 17.9 Å². The number of aliphatic hydroxyl groups is 1. The first-order valence-electron chi connectivity index (χ1n) is 5.54. The summed E-state index contributed by atoms with van der Waals surface area (Å²) in [4.78, 5) is 4.01. The maximum atomic E-state index is 9.98. The highest BCUT2D eigenvalue weighted by Crippen LogP contribution is 2.22. The summed E-state index contributed by atoms with van der Waals surface area (Å²) >= 11 is 0. The van der Waals surface area contributed by atoms with E-state index in [1.54, 1.807) is 18.5 Å². The molecule has 0 radical (unpaired) electrons. The van der Waals surface area contributed by atoms with Gasteiger partial charge in [0, 0.05) is 26.0 Å². The summed E-state index contributed by atoms with van der Waals surface area (Å²) in [6, 6.07) is 1.73. The largest absolute Gasteiger partial charge is 0.492 e. The van der Waals surface area contributed by atoms with Gasteiger partial charge < -0.3 is 19.3 Å². The van der Waals surface area contributed by atoms with E-state index in [1.165, 1.54) is 14.2 Å². The molecule has 0 saturated carbocycles. The SMILES string of the molecule is CCCOc1cncc(C(O)C(OC)OC)c1. The van der Waals surface area contributed by atoms with Crippen LogP contribution in [0.3, 0.4) is 0 Å². The predicted octanol–water partition coefficient (Wildman–Crippen LogP) is 1.52. The van der Waals surface area contributed by atoms with Gasteiger partial charge in [-0.1, -0.05) is 6.92 Å². The molecular formula is C12H19NO4. The van der Waals surface area contributed by atoms with E-state index in [2.05, 4.69) is 4.98 Å². The number of hydrogen-bond acceptors (Lipinski definition) is 5. The lowest BCUT2D eigenvalue weighted by molar-refractivity contribution is -0.166. The fraction of sp³-hybridized carbons (Fsp3) is 0.583. The van der Waals surface area contributed by atoms with Gasteiger partial charge in [0.25, 0.3) is 0 Å². The zero-order valence-corrected chi connectivity index (χ0v) is 10.4. The molecule has 0 bridgehead atoms. The number of nitrogens with zero attached hydrogens (tertiary/aromatic N) is 1. The molecule has 0 aromatic carbocycles. The minimum absolute atomic E-state index is 0.604. The average Bonchev–Trinajstić information content (AvgIpc) is 2.38. The number of rotatable bonds is 7. The highest BCUT2D eigenvalue weighted by atomic mass is 16.7. The fourth-order valence-corrected chi connectivity index (χ4v) is 1.41. The van der Waals surface area contributed by atoms with Crippen molar-refractivity contribution in [2.24, 2.45) is 0 Å². The van der Waals surface area contributed by atoms with Gasteiger partial charge in [-0.2, -0.15) is 0 Å². The van der Waals surface area contributed by atoms with E-state index in [0.717, 1.165) is 6.42 Å². The molecule has 1 N–H and O–H groups in total. The molecule has 1 unspecified atom stereocenters. The summed E-state index contributed by atoms with van der Waals surface area (Å²) in [6.07, 6.45) is 2.50. The number of hydrogen-bond donors (Lipinski definition) is 1. The highest BCUT2D eigenvalue weighted by molar-refractivity contribution is 5.25. The zero-order chi connectivity index (χ0) is 12.7. The minimum Gasteiger partial charge on any atom is -0.492 e. The van der Waals surface area contributed by atoms with Crippen molar-refractivity contribution in [1.82, 2.24) is 4.98 Å². The minimum atomic E-state index is -0.886. The topological polar surface area (TPSA) is 60.8 Å². The number of methoxy groups -OCH3 is 2. The lowest BCUT2D eigenvalue weighted by Gasteiger charge is -2.20. The number of ether oxygens (including phenoxy) is 3. The zero-order valence-electron chi connectivity index (χ0n) is 10.4. The lowest BCUT2D eigenvalue weighted by Crippen LogP contribution is -2.22. The molecule has 0 spiro atoms. The molecule has 17 heavy (non-hydrogen) atoms. The molecule has 1 aromatic rings. The van der Waals surface area contributed by atoms with E-state index in [9.17, 15) is 5.11 Å². The smallest absolute Gasteiger partial charge is 0.187 e. The van der Waals surface area contributed by atoms with Crippen molar-refractivity contribution < 1.29 is 19.3 Å². The normalized spacial score (nSPS) is 12.8. The molecule has 5 heteroatoms. The number of pyridine rings is 1. The maximum Gasteiger partial charge on any atom is 0.187 e. The van der Waals surface area contributed by atoms with Crippen molar-refractivity contribution in [3.63, 3.8) is 0 Å². The third-order valence-corrected chi connectivity index (χ3v) is 2.27. The Bertz CT molecular complexity index is 328. The van der Waals surface area contributed by atoms with E-state index in [1.807, 2.05) is 6.92 Å². The summed E-state index contributed by atoms with van der Waals surface area (Å²) in [6.45, 7) is 2.65. The Morgan fingerprint density at radius 2 is 2.00 bits per heavy atom. The van der Waals surface area contributed by atoms with Gasteiger partial charge in [0.15, 0.2) is 6.29 Å². The number of aliphatic hydroxyl groups excluding tert-OH is 1. The summed E-state index contributed by atoms with van der Waals surface area (Å²) < 4.78 is 15.4. The van der Waals surface area contributed by atoms with E-state index in [4.69, 9.17) is 14.2 Å². The molecule has 0 aliphatic heterocycles. The van der Waals surface area contributed by atoms with Gasteiger partial charge in [0.1, 0.15) is 11.9 Å². The van der Waals surface area contributed by atoms with E-state index < -0.39 is 12.4 Å². The van der Waals surface area contributed by atoms with Gasteiger partial charge in [-0.15, -0.1) is 0 Å². The first-order chi connectivity index (χ1) is 8.22. The molecule has 0 saturated heterocycles. The van der Waals surface area contributed by atoms with Gasteiger partial charge in [-0.25, -0.2) is 0 Å². The van der Waals surface area contributed by atoms with Crippen LogP contribution in [0.5, 0.6) is 5.75 Å². The van der Waals surface area contributed by atoms with Crippen LogP contribution in [0.25, 0.3) is 0 Å². The second-order valence-corrected chi connectivity index (χ2v) is 3.59. The van der Waals surface area contributed by atoms with Crippen LogP contribution < -0.4 is 4.74 Å². The first-order valence-corrected chi connectivity index (χ1v) is 5.54. The van der Waals surface area contributed by atoms with Crippen molar-refractivity contribution >= 4 is 0 Å². The van der Waals surface area contributed by atoms with Gasteiger partial charge in [-0.3, -0.25) is 4.98 Å². The summed E-state index contributed by atoms with van der Waals surface area (Å²) in [7, 11) is 2.95. The molecule has 0 aliphatic carbocycles. The van der Waals surface area contributed by atoms with Gasteiger partial charge in [0.05, 0.1) is 12.8 Å². The monoisotopic (exact) mass is 241 g/mol. The molecular weight excluding hydrogens is 222 g/mol. The van der Waals surface area contributed by atoms with Crippen LogP contribution in [-0.4, -0.2) is 37.2 Å². The summed E-state index contributed by atoms with van der Waals surface area (Å²) in [5.74, 6) is 0.634. The Morgan fingerprint density at radius 1 is 1.29 bits per heavy atom. The standard InChI is InChI=1S/C12H19NO4/c1-4-5-17-10-6-9(7-13-8-10)11(14)12(15-2)16-3/h6-8,11-12,14H,4-5H2,1-3H3. The molecule has 0 amide bonds. The maximum absolute atomic E-state index is 9.98. The van der Waals surface area contributed by atoms with Gasteiger partial charge in [-0.05, 0) is 12.5 Å². The van der Waals surface area contributed by atoms with Crippen molar-refractivity contribution in [2.45, 2.75) is 25.7 Å². The molecule has 0 fully saturated rings. The fourth-order valence-electron chi connectivity index (χ4n) is 1.41. The van der Waals surface area contributed by atoms with Crippen LogP contribution in [0, 0.1) is 0 Å². The molecule has 1 rings (SSSR count). The van der Waals surface area contributed by atoms with Crippen LogP contribution in [0.15, 0.2) is 18.5 Å². The molecule has 96 valence electrons. The molecule has 1 aromatic heterocycles. The Hall–Kier alpha value is -1.17. The number of aromatic nitrogens is 1. The Kier molecular flexibility index (Phi) is 5.90. The van der Waals surface area contributed by atoms with Gasteiger partial charge in [0.2, 0.25) is 0 Å². The Balaban J connectivity index is 2.75. The average molecular weight is 241 g/mol. The third kappa shape index (κ3) is 3.96. The second kappa shape index (κ2) is 7.21.